The highest BCUT2D eigenvalue weighted by molar-refractivity contribution is 5.75. The molecule has 2 aromatic heterocycles. The second kappa shape index (κ2) is 9.02. The molecule has 5 nitrogen and oxygen atoms in total. The summed E-state index contributed by atoms with van der Waals surface area (Å²) < 4.78 is 4.09. The Morgan fingerprint density at radius 2 is 1.09 bits per heavy atom. The maximum atomic E-state index is 9.62. The van der Waals surface area contributed by atoms with E-state index in [1.807, 2.05) is 16.8 Å². The first kappa shape index (κ1) is 21.7. The van der Waals surface area contributed by atoms with Gasteiger partial charge in [0.1, 0.15) is 5.75 Å². The average molecular weight is 449 g/mol. The van der Waals surface area contributed by atoms with Crippen molar-refractivity contribution in [1.82, 2.24) is 19.6 Å². The number of benzene rings is 3. The molecule has 0 atom stereocenters. The Hall–Kier alpha value is -4.12. The molecular weight excluding hydrogens is 420 g/mol. The molecule has 0 saturated heterocycles. The zero-order valence-corrected chi connectivity index (χ0v) is 19.7. The summed E-state index contributed by atoms with van der Waals surface area (Å²) in [6.07, 6.45) is 0. The highest BCUT2D eigenvalue weighted by atomic mass is 16.3. The first-order valence-corrected chi connectivity index (χ1v) is 11.7. The predicted molar refractivity (Wildman–Crippen MR) is 138 cm³/mol. The summed E-state index contributed by atoms with van der Waals surface area (Å²) in [5.41, 5.74) is 9.61. The summed E-state index contributed by atoms with van der Waals surface area (Å²) in [5, 5.41) is 19.3. The number of aromatic nitrogens is 4. The molecule has 1 N–H and O–H groups in total. The minimum absolute atomic E-state index is 0.254. The minimum atomic E-state index is 0.254. The lowest BCUT2D eigenvalue weighted by Gasteiger charge is -2.08. The van der Waals surface area contributed by atoms with E-state index in [2.05, 4.69) is 86.1 Å². The first-order chi connectivity index (χ1) is 16.6. The number of nitrogens with zero attached hydrogens (tertiary/aromatic N) is 4. The van der Waals surface area contributed by atoms with Gasteiger partial charge >= 0.3 is 0 Å². The van der Waals surface area contributed by atoms with Gasteiger partial charge in [-0.2, -0.15) is 10.2 Å². The quantitative estimate of drug-likeness (QED) is 0.311. The molecule has 0 aliphatic heterocycles. The Morgan fingerprint density at radius 1 is 0.618 bits per heavy atom. The molecule has 170 valence electrons. The van der Waals surface area contributed by atoms with Gasteiger partial charge in [0.15, 0.2) is 0 Å². The summed E-state index contributed by atoms with van der Waals surface area (Å²) in [4.78, 5) is 0. The van der Waals surface area contributed by atoms with Gasteiger partial charge in [0.25, 0.3) is 0 Å². The number of phenols is 1. The van der Waals surface area contributed by atoms with E-state index in [9.17, 15) is 5.11 Å². The Kier molecular flexibility index (Phi) is 5.76. The second-order valence-corrected chi connectivity index (χ2v) is 8.45. The molecule has 2 heterocycles. The first-order valence-electron chi connectivity index (χ1n) is 11.7. The molecule has 0 fully saturated rings. The van der Waals surface area contributed by atoms with Gasteiger partial charge in [0.05, 0.1) is 22.8 Å². The third kappa shape index (κ3) is 4.13. The third-order valence-corrected chi connectivity index (χ3v) is 6.12. The largest absolute Gasteiger partial charge is 0.508 e. The number of rotatable bonds is 6. The molecular formula is C29H28N4O. The van der Waals surface area contributed by atoms with Crippen molar-refractivity contribution in [2.75, 3.05) is 0 Å². The van der Waals surface area contributed by atoms with Crippen molar-refractivity contribution >= 4 is 0 Å². The van der Waals surface area contributed by atoms with Crippen molar-refractivity contribution in [3.8, 4) is 50.8 Å². The van der Waals surface area contributed by atoms with Crippen LogP contribution in [0.4, 0.5) is 0 Å². The molecule has 5 aromatic rings. The second-order valence-electron chi connectivity index (χ2n) is 8.45. The molecule has 34 heavy (non-hydrogen) atoms. The average Bonchev–Trinajstić information content (AvgIpc) is 3.50. The lowest BCUT2D eigenvalue weighted by molar-refractivity contribution is 0.475. The summed E-state index contributed by atoms with van der Waals surface area (Å²) >= 11 is 0. The highest BCUT2D eigenvalue weighted by Crippen LogP contribution is 2.32. The fraction of sp³-hybridized carbons (Fsp3) is 0.172. The van der Waals surface area contributed by atoms with Gasteiger partial charge in [-0.25, -0.2) is 0 Å². The number of phenolic OH excluding ortho intramolecular Hbond substituents is 1. The predicted octanol–water partition coefficient (Wildman–Crippen LogP) is 6.80. The normalized spacial score (nSPS) is 11.1. The van der Waals surface area contributed by atoms with Crippen LogP contribution in [0.15, 0.2) is 84.9 Å². The zero-order chi connectivity index (χ0) is 23.7. The molecule has 0 aliphatic carbocycles. The summed E-state index contributed by atoms with van der Waals surface area (Å²) in [6.45, 7) is 7.88. The van der Waals surface area contributed by atoms with Crippen LogP contribution < -0.4 is 0 Å². The van der Waals surface area contributed by atoms with Gasteiger partial charge in [-0.15, -0.1) is 0 Å². The van der Waals surface area contributed by atoms with Crippen molar-refractivity contribution in [3.05, 3.63) is 90.5 Å². The van der Waals surface area contributed by atoms with E-state index in [4.69, 9.17) is 10.2 Å². The van der Waals surface area contributed by atoms with Crippen LogP contribution in [0.3, 0.4) is 0 Å². The van der Waals surface area contributed by atoms with E-state index in [1.165, 1.54) is 5.56 Å². The van der Waals surface area contributed by atoms with E-state index < -0.39 is 0 Å². The number of hydrogen-bond acceptors (Lipinski definition) is 3. The smallest absolute Gasteiger partial charge is 0.115 e. The maximum absolute atomic E-state index is 9.62. The van der Waals surface area contributed by atoms with E-state index >= 15 is 0 Å². The molecule has 0 radical (unpaired) electrons. The number of aromatic hydroxyl groups is 1. The summed E-state index contributed by atoms with van der Waals surface area (Å²) in [6, 6.07) is 28.5. The molecule has 5 rings (SSSR count). The van der Waals surface area contributed by atoms with Crippen molar-refractivity contribution < 1.29 is 5.11 Å². The van der Waals surface area contributed by atoms with Crippen LogP contribution in [-0.4, -0.2) is 24.7 Å². The maximum Gasteiger partial charge on any atom is 0.115 e. The highest BCUT2D eigenvalue weighted by Gasteiger charge is 2.14. The fourth-order valence-electron chi connectivity index (χ4n) is 4.26. The van der Waals surface area contributed by atoms with Gasteiger partial charge < -0.3 is 5.11 Å². The van der Waals surface area contributed by atoms with Crippen molar-refractivity contribution in [2.24, 2.45) is 0 Å². The monoisotopic (exact) mass is 448 g/mol. The third-order valence-electron chi connectivity index (χ3n) is 6.12. The Bertz CT molecular complexity index is 1320. The minimum Gasteiger partial charge on any atom is -0.508 e. The molecule has 0 amide bonds. The van der Waals surface area contributed by atoms with E-state index in [0.717, 1.165) is 58.1 Å². The summed E-state index contributed by atoms with van der Waals surface area (Å²) in [7, 11) is 0. The lowest BCUT2D eigenvalue weighted by Crippen LogP contribution is -2.01. The molecule has 0 saturated carbocycles. The Morgan fingerprint density at radius 3 is 1.56 bits per heavy atom. The van der Waals surface area contributed by atoms with Gasteiger partial charge in [-0.1, -0.05) is 48.0 Å². The van der Waals surface area contributed by atoms with Crippen LogP contribution in [0.2, 0.25) is 0 Å². The fourth-order valence-corrected chi connectivity index (χ4v) is 4.26. The summed E-state index contributed by atoms with van der Waals surface area (Å²) in [5.74, 6) is 0.254. The van der Waals surface area contributed by atoms with E-state index in [-0.39, 0.29) is 5.75 Å². The van der Waals surface area contributed by atoms with Crippen LogP contribution in [-0.2, 0) is 13.1 Å². The number of aryl methyl sites for hydroxylation is 3. The van der Waals surface area contributed by atoms with Crippen molar-refractivity contribution in [3.63, 3.8) is 0 Å². The van der Waals surface area contributed by atoms with Gasteiger partial charge in [0, 0.05) is 35.3 Å². The van der Waals surface area contributed by atoms with Gasteiger partial charge in [-0.3, -0.25) is 9.36 Å². The molecule has 5 heteroatoms. The molecule has 0 unspecified atom stereocenters. The van der Waals surface area contributed by atoms with Gasteiger partial charge in [-0.05, 0) is 63.2 Å². The zero-order valence-electron chi connectivity index (χ0n) is 19.7. The number of hydrogen-bond donors (Lipinski definition) is 1. The molecule has 0 aliphatic rings. The topological polar surface area (TPSA) is 55.9 Å². The molecule has 0 bridgehead atoms. The molecule has 3 aromatic carbocycles. The van der Waals surface area contributed by atoms with Crippen LogP contribution in [0.1, 0.15) is 19.4 Å². The standard InChI is InChI=1S/C29H28N4O/c1-4-32-28(18-26(30-32)21-11-9-20(3)10-12-21)23-7-6-8-24(17-23)29-19-27(31-33(29)5-2)22-13-15-25(34)16-14-22/h6-19,34H,4-5H2,1-3H3. The Balaban J connectivity index is 1.55. The van der Waals surface area contributed by atoms with E-state index in [1.54, 1.807) is 12.1 Å². The molecule has 0 spiro atoms. The van der Waals surface area contributed by atoms with E-state index in [0.29, 0.717) is 0 Å². The van der Waals surface area contributed by atoms with Crippen molar-refractivity contribution in [2.45, 2.75) is 33.9 Å². The van der Waals surface area contributed by atoms with Gasteiger partial charge in [0.2, 0.25) is 0 Å². The van der Waals surface area contributed by atoms with Crippen LogP contribution in [0.5, 0.6) is 5.75 Å². The van der Waals surface area contributed by atoms with Crippen LogP contribution in [0.25, 0.3) is 45.0 Å². The lowest BCUT2D eigenvalue weighted by atomic mass is 10.0. The van der Waals surface area contributed by atoms with Crippen LogP contribution >= 0.6 is 0 Å². The SMILES string of the molecule is CCn1nc(-c2ccc(C)cc2)cc1-c1cccc(-c2cc(-c3ccc(O)cc3)nn2CC)c1. The Labute approximate surface area is 199 Å². The van der Waals surface area contributed by atoms with Crippen molar-refractivity contribution in [1.29, 1.82) is 0 Å². The van der Waals surface area contributed by atoms with Crippen LogP contribution in [0, 0.1) is 6.92 Å².